The molecule has 1 N–H and O–H groups in total. The van der Waals surface area contributed by atoms with Crippen molar-refractivity contribution in [3.63, 3.8) is 0 Å². The Labute approximate surface area is 146 Å². The van der Waals surface area contributed by atoms with Gasteiger partial charge in [0, 0.05) is 5.41 Å². The van der Waals surface area contributed by atoms with Crippen LogP contribution in [-0.2, 0) is 15.0 Å². The molecule has 0 saturated heterocycles. The molecule has 0 heterocycles. The van der Waals surface area contributed by atoms with Gasteiger partial charge in [-0.05, 0) is 37.1 Å². The number of ketones is 1. The van der Waals surface area contributed by atoms with Crippen LogP contribution in [0.4, 0.5) is 0 Å². The number of aliphatic hydroxyl groups is 1. The first kappa shape index (κ1) is 17.0. The molecule has 25 heavy (non-hydrogen) atoms. The van der Waals surface area contributed by atoms with Crippen LogP contribution in [0.3, 0.4) is 0 Å². The van der Waals surface area contributed by atoms with Crippen LogP contribution in [0.15, 0.2) is 72.0 Å². The molecule has 1 aliphatic carbocycles. The first-order valence-electron chi connectivity index (χ1n) is 8.11. The molecule has 2 aromatic carbocycles. The normalized spacial score (nSPS) is 26.0. The molecular formula is C21H20O4. The topological polar surface area (TPSA) is 63.6 Å². The fraction of sp³-hybridized carbons (Fsp3) is 0.238. The van der Waals surface area contributed by atoms with Crippen LogP contribution in [0.25, 0.3) is 0 Å². The maximum Gasteiger partial charge on any atom is 0.326 e. The summed E-state index contributed by atoms with van der Waals surface area (Å²) in [5, 5.41) is 10.3. The number of para-hydroxylation sites is 1. The maximum absolute atomic E-state index is 13.0. The molecule has 2 atom stereocenters. The van der Waals surface area contributed by atoms with E-state index in [0.29, 0.717) is 11.3 Å². The van der Waals surface area contributed by atoms with Crippen LogP contribution in [0.2, 0.25) is 0 Å². The second-order valence-corrected chi connectivity index (χ2v) is 6.62. The van der Waals surface area contributed by atoms with Crippen molar-refractivity contribution in [1.82, 2.24) is 0 Å². The average molecular weight is 336 g/mol. The predicted octanol–water partition coefficient (Wildman–Crippen LogP) is 3.97. The van der Waals surface area contributed by atoms with Crippen molar-refractivity contribution in [2.75, 3.05) is 0 Å². The number of rotatable bonds is 3. The van der Waals surface area contributed by atoms with Crippen LogP contribution in [-0.4, -0.2) is 16.9 Å². The number of Topliss-reactive ketones (excluding diaryl/α,β-unsaturated/α-hetero) is 1. The van der Waals surface area contributed by atoms with Crippen LogP contribution in [0, 0.1) is 5.41 Å². The highest BCUT2D eigenvalue weighted by Crippen LogP contribution is 2.54. The third-order valence-electron chi connectivity index (χ3n) is 5.49. The molecule has 0 bridgehead atoms. The zero-order valence-electron chi connectivity index (χ0n) is 14.4. The Morgan fingerprint density at radius 1 is 0.960 bits per heavy atom. The lowest BCUT2D eigenvalue weighted by Crippen LogP contribution is -2.51. The molecule has 2 aromatic rings. The van der Waals surface area contributed by atoms with Gasteiger partial charge in [0.15, 0.2) is 5.76 Å². The van der Waals surface area contributed by atoms with Gasteiger partial charge in [0.05, 0.1) is 0 Å². The molecule has 3 rings (SSSR count). The van der Waals surface area contributed by atoms with E-state index in [1.54, 1.807) is 45.0 Å². The van der Waals surface area contributed by atoms with E-state index in [9.17, 15) is 14.7 Å². The van der Waals surface area contributed by atoms with Gasteiger partial charge in [0.1, 0.15) is 11.2 Å². The minimum atomic E-state index is -1.56. The van der Waals surface area contributed by atoms with Crippen LogP contribution in [0.1, 0.15) is 26.3 Å². The van der Waals surface area contributed by atoms with Crippen LogP contribution in [0.5, 0.6) is 5.75 Å². The summed E-state index contributed by atoms with van der Waals surface area (Å²) in [6.45, 7) is 5.02. The zero-order valence-corrected chi connectivity index (χ0v) is 14.4. The summed E-state index contributed by atoms with van der Waals surface area (Å²) in [6.07, 6.45) is 0. The molecule has 0 amide bonds. The summed E-state index contributed by atoms with van der Waals surface area (Å²) in [6, 6.07) is 17.9. The number of aliphatic hydroxyl groups excluding tert-OH is 1. The summed E-state index contributed by atoms with van der Waals surface area (Å²) in [4.78, 5) is 25.9. The Kier molecular flexibility index (Phi) is 3.99. The summed E-state index contributed by atoms with van der Waals surface area (Å²) in [5.41, 5.74) is -1.31. The fourth-order valence-electron chi connectivity index (χ4n) is 3.52. The van der Waals surface area contributed by atoms with Gasteiger partial charge in [-0.2, -0.15) is 0 Å². The van der Waals surface area contributed by atoms with Crippen molar-refractivity contribution in [3.8, 4) is 5.75 Å². The van der Waals surface area contributed by atoms with Gasteiger partial charge in [-0.25, -0.2) is 0 Å². The number of ether oxygens (including phenoxy) is 1. The molecule has 0 saturated carbocycles. The number of hydrogen-bond acceptors (Lipinski definition) is 4. The molecule has 4 heteroatoms. The lowest BCUT2D eigenvalue weighted by molar-refractivity contribution is -0.153. The SMILES string of the molecule is CC1=C(O)C(=O)[C@@](C)(C(=O)Oc2ccccc2)[C@@]1(C)c1ccccc1. The maximum atomic E-state index is 13.0. The Morgan fingerprint density at radius 3 is 2.04 bits per heavy atom. The van der Waals surface area contributed by atoms with E-state index in [1.165, 1.54) is 0 Å². The highest BCUT2D eigenvalue weighted by molar-refractivity contribution is 6.16. The smallest absolute Gasteiger partial charge is 0.326 e. The van der Waals surface area contributed by atoms with E-state index in [1.807, 2.05) is 36.4 Å². The Bertz CT molecular complexity index is 854. The van der Waals surface area contributed by atoms with Crippen LogP contribution < -0.4 is 4.74 Å². The van der Waals surface area contributed by atoms with Gasteiger partial charge < -0.3 is 9.84 Å². The van der Waals surface area contributed by atoms with Crippen LogP contribution >= 0.6 is 0 Å². The van der Waals surface area contributed by atoms with Crippen molar-refractivity contribution in [2.24, 2.45) is 5.41 Å². The third kappa shape index (κ3) is 2.29. The summed E-state index contributed by atoms with van der Waals surface area (Å²) in [7, 11) is 0. The number of benzene rings is 2. The van der Waals surface area contributed by atoms with Crippen molar-refractivity contribution >= 4 is 11.8 Å². The minimum absolute atomic E-state index is 0.362. The molecular weight excluding hydrogens is 316 g/mol. The second-order valence-electron chi connectivity index (χ2n) is 6.62. The molecule has 0 aromatic heterocycles. The lowest BCUT2D eigenvalue weighted by atomic mass is 9.61. The lowest BCUT2D eigenvalue weighted by Gasteiger charge is -2.39. The zero-order chi connectivity index (χ0) is 18.2. The standard InChI is InChI=1S/C21H20O4/c1-14-17(22)18(23)21(3,19(24)25-16-12-8-5-9-13-16)20(14,2)15-10-6-4-7-11-15/h4-13,22H,1-3H3/t20-,21+/m1/s1. The van der Waals surface area contributed by atoms with E-state index in [4.69, 9.17) is 4.74 Å². The summed E-state index contributed by atoms with van der Waals surface area (Å²) < 4.78 is 5.49. The van der Waals surface area contributed by atoms with Gasteiger partial charge >= 0.3 is 5.97 Å². The monoisotopic (exact) mass is 336 g/mol. The Morgan fingerprint density at radius 2 is 1.48 bits per heavy atom. The quantitative estimate of drug-likeness (QED) is 0.523. The number of carbonyl (C=O) groups is 2. The van der Waals surface area contributed by atoms with Gasteiger partial charge in [-0.1, -0.05) is 55.5 Å². The average Bonchev–Trinajstić information content (AvgIpc) is 2.78. The summed E-state index contributed by atoms with van der Waals surface area (Å²) >= 11 is 0. The molecule has 1 aliphatic rings. The Hall–Kier alpha value is -2.88. The molecule has 0 radical (unpaired) electrons. The summed E-state index contributed by atoms with van der Waals surface area (Å²) in [5.74, 6) is -1.30. The first-order valence-corrected chi connectivity index (χ1v) is 8.11. The minimum Gasteiger partial charge on any atom is -0.504 e. The van der Waals surface area contributed by atoms with Gasteiger partial charge in [-0.3, -0.25) is 9.59 Å². The van der Waals surface area contributed by atoms with E-state index < -0.39 is 22.6 Å². The predicted molar refractivity (Wildman–Crippen MR) is 94.3 cm³/mol. The van der Waals surface area contributed by atoms with E-state index >= 15 is 0 Å². The highest BCUT2D eigenvalue weighted by atomic mass is 16.5. The molecule has 128 valence electrons. The third-order valence-corrected chi connectivity index (χ3v) is 5.49. The van der Waals surface area contributed by atoms with Crippen molar-refractivity contribution in [2.45, 2.75) is 26.2 Å². The number of esters is 1. The van der Waals surface area contributed by atoms with Gasteiger partial charge in [-0.15, -0.1) is 0 Å². The van der Waals surface area contributed by atoms with E-state index in [0.717, 1.165) is 5.56 Å². The molecule has 0 unspecified atom stereocenters. The number of allylic oxidation sites excluding steroid dienone is 2. The number of hydrogen-bond donors (Lipinski definition) is 1. The van der Waals surface area contributed by atoms with Crippen molar-refractivity contribution < 1.29 is 19.4 Å². The highest BCUT2D eigenvalue weighted by Gasteiger charge is 2.64. The second kappa shape index (κ2) is 5.88. The van der Waals surface area contributed by atoms with E-state index in [2.05, 4.69) is 0 Å². The fourth-order valence-corrected chi connectivity index (χ4v) is 3.52. The largest absolute Gasteiger partial charge is 0.504 e. The molecule has 0 aliphatic heterocycles. The molecule has 4 nitrogen and oxygen atoms in total. The Balaban J connectivity index is 2.11. The first-order chi connectivity index (χ1) is 11.8. The van der Waals surface area contributed by atoms with Crippen molar-refractivity contribution in [1.29, 1.82) is 0 Å². The van der Waals surface area contributed by atoms with Gasteiger partial charge in [0.25, 0.3) is 0 Å². The van der Waals surface area contributed by atoms with Gasteiger partial charge in [0.2, 0.25) is 5.78 Å². The number of carbonyl (C=O) groups excluding carboxylic acids is 2. The molecule has 0 fully saturated rings. The molecule has 0 spiro atoms. The van der Waals surface area contributed by atoms with Crippen molar-refractivity contribution in [3.05, 3.63) is 77.6 Å². The van der Waals surface area contributed by atoms with E-state index in [-0.39, 0.29) is 5.76 Å².